The van der Waals surface area contributed by atoms with Gasteiger partial charge in [0.1, 0.15) is 11.5 Å². The summed E-state index contributed by atoms with van der Waals surface area (Å²) in [6.07, 6.45) is -1.05. The molecule has 0 bridgehead atoms. The summed E-state index contributed by atoms with van der Waals surface area (Å²) in [5.41, 5.74) is 0.768. The molecule has 0 radical (unpaired) electrons. The van der Waals surface area contributed by atoms with Crippen LogP contribution in [0.15, 0.2) is 42.5 Å². The number of aliphatic hydroxyl groups is 1. The summed E-state index contributed by atoms with van der Waals surface area (Å²) in [5, 5.41) is 21.8. The van der Waals surface area contributed by atoms with E-state index in [4.69, 9.17) is 4.74 Å². The van der Waals surface area contributed by atoms with Crippen LogP contribution in [0.25, 0.3) is 0 Å². The van der Waals surface area contributed by atoms with Crippen LogP contribution in [0.1, 0.15) is 56.6 Å². The normalized spacial score (nSPS) is 13.7. The van der Waals surface area contributed by atoms with Gasteiger partial charge in [-0.2, -0.15) is 0 Å². The Labute approximate surface area is 198 Å². The van der Waals surface area contributed by atoms with Gasteiger partial charge in [-0.05, 0) is 57.5 Å². The minimum Gasteiger partial charge on any atom is -0.508 e. The van der Waals surface area contributed by atoms with Crippen molar-refractivity contribution in [2.45, 2.75) is 72.4 Å². The molecule has 0 saturated heterocycles. The van der Waals surface area contributed by atoms with Crippen molar-refractivity contribution >= 4 is 25.1 Å². The highest BCUT2D eigenvalue weighted by Gasteiger charge is 2.34. The fourth-order valence-electron chi connectivity index (χ4n) is 3.91. The second-order valence-electron chi connectivity index (χ2n) is 10.1. The smallest absolute Gasteiger partial charge is 0.317 e. The van der Waals surface area contributed by atoms with E-state index < -0.39 is 26.1 Å². The van der Waals surface area contributed by atoms with Crippen molar-refractivity contribution < 1.29 is 24.5 Å². The molecule has 33 heavy (non-hydrogen) atoms. The molecule has 0 aliphatic rings. The lowest BCUT2D eigenvalue weighted by Gasteiger charge is -2.32. The predicted octanol–water partition coefficient (Wildman–Crippen LogP) is 4.47. The summed E-state index contributed by atoms with van der Waals surface area (Å²) in [7, 11) is -2.14. The number of amides is 1. The summed E-state index contributed by atoms with van der Waals surface area (Å²) in [5.74, 6) is -1.66. The third-order valence-corrected chi connectivity index (χ3v) is 7.64. The zero-order chi connectivity index (χ0) is 25.1. The molecular formula is C26H37NO5Si. The maximum atomic E-state index is 13.6. The molecule has 0 fully saturated rings. The molecule has 2 rings (SSSR count). The lowest BCUT2D eigenvalue weighted by Crippen LogP contribution is -2.44. The van der Waals surface area contributed by atoms with Crippen LogP contribution in [0.2, 0.25) is 19.6 Å². The molecule has 180 valence electrons. The lowest BCUT2D eigenvalue weighted by molar-refractivity contribution is -0.142. The summed E-state index contributed by atoms with van der Waals surface area (Å²) >= 11 is 0. The molecule has 2 aromatic carbocycles. The number of phenols is 1. The van der Waals surface area contributed by atoms with Gasteiger partial charge < -0.3 is 19.8 Å². The van der Waals surface area contributed by atoms with Gasteiger partial charge in [-0.3, -0.25) is 9.59 Å². The van der Waals surface area contributed by atoms with Crippen LogP contribution < -0.4 is 9.92 Å². The topological polar surface area (TPSA) is 87.1 Å². The molecule has 0 aromatic heterocycles. The van der Waals surface area contributed by atoms with E-state index >= 15 is 0 Å². The van der Waals surface area contributed by atoms with E-state index in [1.165, 1.54) is 6.07 Å². The van der Waals surface area contributed by atoms with Crippen molar-refractivity contribution in [2.75, 3.05) is 0 Å². The number of phenolic OH excluding ortho intramolecular Hbond substituents is 1. The van der Waals surface area contributed by atoms with Gasteiger partial charge in [0.05, 0.1) is 25.7 Å². The van der Waals surface area contributed by atoms with Crippen molar-refractivity contribution in [3.8, 4) is 11.5 Å². The highest BCUT2D eigenvalue weighted by atomic mass is 28.3. The number of benzene rings is 2. The number of hydrogen-bond donors (Lipinski definition) is 2. The van der Waals surface area contributed by atoms with Crippen molar-refractivity contribution in [3.63, 3.8) is 0 Å². The van der Waals surface area contributed by atoms with Crippen molar-refractivity contribution in [1.29, 1.82) is 0 Å². The zero-order valence-electron chi connectivity index (χ0n) is 20.9. The Balaban J connectivity index is 2.55. The number of rotatable bonds is 8. The molecule has 0 spiro atoms. The number of aromatic hydroxyl groups is 1. The molecule has 7 heteroatoms. The summed E-state index contributed by atoms with van der Waals surface area (Å²) in [4.78, 5) is 28.4. The van der Waals surface area contributed by atoms with E-state index in [0.717, 1.165) is 0 Å². The molecule has 0 heterocycles. The zero-order valence-corrected chi connectivity index (χ0v) is 21.9. The van der Waals surface area contributed by atoms with Gasteiger partial charge >= 0.3 is 5.97 Å². The monoisotopic (exact) mass is 471 g/mol. The molecule has 0 aliphatic carbocycles. The Kier molecular flexibility index (Phi) is 8.49. The van der Waals surface area contributed by atoms with Crippen molar-refractivity contribution in [3.05, 3.63) is 53.6 Å². The predicted molar refractivity (Wildman–Crippen MR) is 134 cm³/mol. The van der Waals surface area contributed by atoms with Crippen LogP contribution in [0.4, 0.5) is 0 Å². The highest BCUT2D eigenvalue weighted by molar-refractivity contribution is 6.89. The van der Waals surface area contributed by atoms with Crippen LogP contribution in [0.3, 0.4) is 0 Å². The molecule has 0 unspecified atom stereocenters. The molecule has 2 atom stereocenters. The number of hydrogen-bond acceptors (Lipinski definition) is 5. The van der Waals surface area contributed by atoms with Crippen LogP contribution in [-0.2, 0) is 4.79 Å². The lowest BCUT2D eigenvalue weighted by atomic mass is 9.97. The number of esters is 1. The molecule has 0 aliphatic heterocycles. The van der Waals surface area contributed by atoms with Crippen LogP contribution in [-0.4, -0.2) is 47.1 Å². The van der Waals surface area contributed by atoms with Gasteiger partial charge in [0.15, 0.2) is 0 Å². The Hall–Kier alpha value is -2.64. The van der Waals surface area contributed by atoms with Crippen molar-refractivity contribution in [1.82, 2.24) is 4.90 Å². The molecular weight excluding hydrogens is 434 g/mol. The molecule has 0 saturated carbocycles. The van der Waals surface area contributed by atoms with Gasteiger partial charge in [-0.25, -0.2) is 0 Å². The number of carbonyl (C=O) groups is 2. The number of nitrogens with zero attached hydrogens (tertiary/aromatic N) is 1. The number of ether oxygens (including phenoxy) is 1. The van der Waals surface area contributed by atoms with Gasteiger partial charge in [-0.15, -0.1) is 0 Å². The first-order chi connectivity index (χ1) is 15.3. The van der Waals surface area contributed by atoms with Gasteiger partial charge in [0.25, 0.3) is 5.91 Å². The quantitative estimate of drug-likeness (QED) is 0.337. The molecule has 6 nitrogen and oxygen atoms in total. The average molecular weight is 472 g/mol. The molecule has 1 amide bonds. The highest BCUT2D eigenvalue weighted by Crippen LogP contribution is 2.30. The van der Waals surface area contributed by atoms with Gasteiger partial charge in [0.2, 0.25) is 0 Å². The second kappa shape index (κ2) is 10.5. The molecule has 2 N–H and O–H groups in total. The van der Waals surface area contributed by atoms with E-state index in [1.807, 2.05) is 33.8 Å². The summed E-state index contributed by atoms with van der Waals surface area (Å²) < 4.78 is 5.87. The molecule has 2 aromatic rings. The van der Waals surface area contributed by atoms with E-state index in [-0.39, 0.29) is 35.1 Å². The minimum atomic E-state index is -2.14. The first kappa shape index (κ1) is 26.6. The Morgan fingerprint density at radius 1 is 0.939 bits per heavy atom. The number of carbonyl (C=O) groups excluding carboxylic acids is 2. The largest absolute Gasteiger partial charge is 0.508 e. The second-order valence-corrected chi connectivity index (χ2v) is 15.1. The Morgan fingerprint density at radius 2 is 1.48 bits per heavy atom. The average Bonchev–Trinajstić information content (AvgIpc) is 2.72. The summed E-state index contributed by atoms with van der Waals surface area (Å²) in [6.45, 7) is 15.4. The first-order valence-electron chi connectivity index (χ1n) is 11.4. The van der Waals surface area contributed by atoms with E-state index in [0.29, 0.717) is 10.8 Å². The SMILES string of the molecule is CC(C)N(C(=O)c1cc(O)cc([Si](C)(C)C)c1OC(=O)[C@@H](C)[C@H](O)c1ccccc1)C(C)C. The van der Waals surface area contributed by atoms with Crippen LogP contribution in [0, 0.1) is 5.92 Å². The van der Waals surface area contributed by atoms with E-state index in [9.17, 15) is 19.8 Å². The Morgan fingerprint density at radius 3 is 1.97 bits per heavy atom. The van der Waals surface area contributed by atoms with Gasteiger partial charge in [-0.1, -0.05) is 50.0 Å². The standard InChI is InChI=1S/C26H37NO5Si/c1-16(2)27(17(3)4)25(30)21-14-20(28)15-22(33(6,7)8)24(21)32-26(31)18(5)23(29)19-12-10-9-11-13-19/h9-18,23,28-29H,1-8H3/t18-,23-/m0/s1. The third-order valence-electron chi connectivity index (χ3n) is 5.65. The Bertz CT molecular complexity index is 974. The number of aliphatic hydroxyl groups excluding tert-OH is 1. The van der Waals surface area contributed by atoms with Crippen LogP contribution in [0.5, 0.6) is 11.5 Å². The third kappa shape index (κ3) is 6.24. The van der Waals surface area contributed by atoms with Crippen molar-refractivity contribution in [2.24, 2.45) is 5.92 Å². The maximum Gasteiger partial charge on any atom is 0.317 e. The fraction of sp³-hybridized carbons (Fsp3) is 0.462. The summed E-state index contributed by atoms with van der Waals surface area (Å²) in [6, 6.07) is 11.7. The van der Waals surface area contributed by atoms with Gasteiger partial charge in [0, 0.05) is 12.1 Å². The maximum absolute atomic E-state index is 13.6. The fourth-order valence-corrected chi connectivity index (χ4v) is 5.35. The minimum absolute atomic E-state index is 0.0413. The van der Waals surface area contributed by atoms with E-state index in [2.05, 4.69) is 19.6 Å². The first-order valence-corrected chi connectivity index (χ1v) is 14.9. The van der Waals surface area contributed by atoms with E-state index in [1.54, 1.807) is 42.2 Å². The van der Waals surface area contributed by atoms with Crippen LogP contribution >= 0.6 is 0 Å².